The Hall–Kier alpha value is -1.43. The average molecular weight is 288 g/mol. The number of anilines is 1. The van der Waals surface area contributed by atoms with Crippen molar-refractivity contribution in [3.63, 3.8) is 0 Å². The van der Waals surface area contributed by atoms with Gasteiger partial charge in [0.15, 0.2) is 0 Å². The minimum atomic E-state index is 0.300. The maximum absolute atomic E-state index is 6.02. The zero-order valence-corrected chi connectivity index (χ0v) is 12.7. The third-order valence-electron chi connectivity index (χ3n) is 3.86. The van der Waals surface area contributed by atoms with E-state index < -0.39 is 0 Å². The van der Waals surface area contributed by atoms with Crippen LogP contribution in [0.25, 0.3) is 0 Å². The number of nitrogens with two attached hydrogens (primary N) is 1. The molecule has 106 valence electrons. The van der Waals surface area contributed by atoms with Gasteiger partial charge in [0.1, 0.15) is 5.01 Å². The standard InChI is InChI=1S/C15H20N4S/c1-18(2)12-4-3-11-9-19(10-15-17-5-6-20-15)14(8-16)13(11)7-12/h3-7,14H,8-10,16H2,1-2H3. The van der Waals surface area contributed by atoms with Gasteiger partial charge in [-0.25, -0.2) is 4.98 Å². The highest BCUT2D eigenvalue weighted by atomic mass is 32.1. The Morgan fingerprint density at radius 2 is 2.30 bits per heavy atom. The molecule has 1 atom stereocenters. The minimum absolute atomic E-state index is 0.300. The van der Waals surface area contributed by atoms with Gasteiger partial charge in [0.05, 0.1) is 6.54 Å². The van der Waals surface area contributed by atoms with Crippen molar-refractivity contribution in [3.8, 4) is 0 Å². The summed E-state index contributed by atoms with van der Waals surface area (Å²) >= 11 is 1.71. The summed E-state index contributed by atoms with van der Waals surface area (Å²) in [7, 11) is 4.14. The zero-order valence-electron chi connectivity index (χ0n) is 11.9. The van der Waals surface area contributed by atoms with Gasteiger partial charge in [-0.3, -0.25) is 4.90 Å². The lowest BCUT2D eigenvalue weighted by molar-refractivity contribution is 0.210. The Kier molecular flexibility index (Phi) is 3.74. The summed E-state index contributed by atoms with van der Waals surface area (Å²) in [6, 6.07) is 6.98. The summed E-state index contributed by atoms with van der Waals surface area (Å²) in [6.45, 7) is 2.49. The summed E-state index contributed by atoms with van der Waals surface area (Å²) in [5.41, 5.74) is 10.0. The normalized spacial score (nSPS) is 18.2. The first-order valence-electron chi connectivity index (χ1n) is 6.81. The van der Waals surface area contributed by atoms with Crippen molar-refractivity contribution in [2.75, 3.05) is 25.5 Å². The fourth-order valence-electron chi connectivity index (χ4n) is 2.79. The highest BCUT2D eigenvalue weighted by Gasteiger charge is 2.29. The number of hydrogen-bond acceptors (Lipinski definition) is 5. The van der Waals surface area contributed by atoms with Crippen molar-refractivity contribution in [1.82, 2.24) is 9.88 Å². The van der Waals surface area contributed by atoms with E-state index in [0.717, 1.165) is 18.1 Å². The maximum Gasteiger partial charge on any atom is 0.107 e. The van der Waals surface area contributed by atoms with Gasteiger partial charge in [-0.1, -0.05) is 6.07 Å². The summed E-state index contributed by atoms with van der Waals surface area (Å²) in [4.78, 5) is 8.94. The molecule has 1 aromatic carbocycles. The monoisotopic (exact) mass is 288 g/mol. The molecule has 4 nitrogen and oxygen atoms in total. The van der Waals surface area contributed by atoms with Crippen molar-refractivity contribution >= 4 is 17.0 Å². The lowest BCUT2D eigenvalue weighted by Crippen LogP contribution is -2.27. The van der Waals surface area contributed by atoms with Crippen molar-refractivity contribution in [3.05, 3.63) is 45.9 Å². The van der Waals surface area contributed by atoms with Gasteiger partial charge in [-0.2, -0.15) is 0 Å². The Balaban J connectivity index is 1.87. The molecule has 1 aromatic heterocycles. The highest BCUT2D eigenvalue weighted by molar-refractivity contribution is 7.09. The van der Waals surface area contributed by atoms with Crippen LogP contribution in [0.4, 0.5) is 5.69 Å². The lowest BCUT2D eigenvalue weighted by Gasteiger charge is -2.23. The molecule has 0 bridgehead atoms. The molecule has 1 aliphatic heterocycles. The van der Waals surface area contributed by atoms with Crippen LogP contribution < -0.4 is 10.6 Å². The van der Waals surface area contributed by atoms with Gasteiger partial charge in [-0.15, -0.1) is 11.3 Å². The van der Waals surface area contributed by atoms with Gasteiger partial charge in [0.2, 0.25) is 0 Å². The van der Waals surface area contributed by atoms with Crippen molar-refractivity contribution in [2.45, 2.75) is 19.1 Å². The Labute approximate surface area is 123 Å². The van der Waals surface area contributed by atoms with Crippen molar-refractivity contribution in [1.29, 1.82) is 0 Å². The average Bonchev–Trinajstić information content (AvgIpc) is 3.04. The number of hydrogen-bond donors (Lipinski definition) is 1. The molecule has 0 saturated carbocycles. The molecular weight excluding hydrogens is 268 g/mol. The second-order valence-corrected chi connectivity index (χ2v) is 6.34. The number of thiazole rings is 1. The Morgan fingerprint density at radius 1 is 1.45 bits per heavy atom. The smallest absolute Gasteiger partial charge is 0.107 e. The second kappa shape index (κ2) is 5.52. The van der Waals surface area contributed by atoms with E-state index in [1.807, 2.05) is 11.6 Å². The van der Waals surface area contributed by atoms with E-state index >= 15 is 0 Å². The van der Waals surface area contributed by atoms with Gasteiger partial charge in [0.25, 0.3) is 0 Å². The molecule has 5 heteroatoms. The number of benzene rings is 1. The molecule has 0 saturated heterocycles. The van der Waals surface area contributed by atoms with Crippen LogP contribution >= 0.6 is 11.3 Å². The molecule has 1 unspecified atom stereocenters. The fourth-order valence-corrected chi connectivity index (χ4v) is 3.43. The summed E-state index contributed by atoms with van der Waals surface area (Å²) < 4.78 is 0. The minimum Gasteiger partial charge on any atom is -0.378 e. The zero-order chi connectivity index (χ0) is 14.1. The Morgan fingerprint density at radius 3 is 2.95 bits per heavy atom. The molecule has 2 N–H and O–H groups in total. The topological polar surface area (TPSA) is 45.4 Å². The van der Waals surface area contributed by atoms with E-state index in [2.05, 4.69) is 47.1 Å². The number of rotatable bonds is 4. The van der Waals surface area contributed by atoms with Crippen LogP contribution in [0.15, 0.2) is 29.8 Å². The third kappa shape index (κ3) is 2.44. The van der Waals surface area contributed by atoms with Crippen LogP contribution in [0.5, 0.6) is 0 Å². The molecule has 2 aromatic rings. The van der Waals surface area contributed by atoms with Gasteiger partial charge >= 0.3 is 0 Å². The fraction of sp³-hybridized carbons (Fsp3) is 0.400. The largest absolute Gasteiger partial charge is 0.378 e. The third-order valence-corrected chi connectivity index (χ3v) is 4.63. The summed E-state index contributed by atoms with van der Waals surface area (Å²) in [6.07, 6.45) is 1.87. The van der Waals surface area contributed by atoms with Crippen LogP contribution in [0.1, 0.15) is 22.2 Å². The molecular formula is C15H20N4S. The predicted octanol–water partition coefficient (Wildman–Crippen LogP) is 2.22. The number of fused-ring (bicyclic) bond motifs is 1. The van der Waals surface area contributed by atoms with Crippen LogP contribution in [0, 0.1) is 0 Å². The number of nitrogens with zero attached hydrogens (tertiary/aromatic N) is 3. The molecule has 0 spiro atoms. The molecule has 0 radical (unpaired) electrons. The number of aromatic nitrogens is 1. The van der Waals surface area contributed by atoms with E-state index in [9.17, 15) is 0 Å². The second-order valence-electron chi connectivity index (χ2n) is 5.36. The first-order chi connectivity index (χ1) is 9.69. The Bertz CT molecular complexity index is 580. The summed E-state index contributed by atoms with van der Waals surface area (Å²) in [5, 5.41) is 3.18. The van der Waals surface area contributed by atoms with E-state index in [-0.39, 0.29) is 0 Å². The van der Waals surface area contributed by atoms with Crippen molar-refractivity contribution in [2.24, 2.45) is 5.73 Å². The first-order valence-corrected chi connectivity index (χ1v) is 7.69. The molecule has 0 amide bonds. The van der Waals surface area contributed by atoms with Gasteiger partial charge in [-0.05, 0) is 23.3 Å². The van der Waals surface area contributed by atoms with E-state index in [4.69, 9.17) is 5.73 Å². The molecule has 0 aliphatic carbocycles. The van der Waals surface area contributed by atoms with Gasteiger partial charge < -0.3 is 10.6 Å². The summed E-state index contributed by atoms with van der Waals surface area (Å²) in [5.74, 6) is 0. The SMILES string of the molecule is CN(C)c1ccc2c(c1)C(CN)N(Cc1nccs1)C2. The van der Waals surface area contributed by atoms with Crippen LogP contribution in [0.2, 0.25) is 0 Å². The van der Waals surface area contributed by atoms with E-state index in [0.29, 0.717) is 12.6 Å². The molecule has 3 rings (SSSR count). The van der Waals surface area contributed by atoms with Crippen molar-refractivity contribution < 1.29 is 0 Å². The highest BCUT2D eigenvalue weighted by Crippen LogP contribution is 2.36. The molecule has 2 heterocycles. The van der Waals surface area contributed by atoms with Crippen LogP contribution in [-0.2, 0) is 13.1 Å². The predicted molar refractivity (Wildman–Crippen MR) is 83.9 cm³/mol. The molecule has 1 aliphatic rings. The molecule has 0 fully saturated rings. The van der Waals surface area contributed by atoms with Crippen LogP contribution in [-0.4, -0.2) is 30.5 Å². The first kappa shape index (κ1) is 13.5. The molecule has 20 heavy (non-hydrogen) atoms. The van der Waals surface area contributed by atoms with Crippen LogP contribution in [0.3, 0.4) is 0 Å². The van der Waals surface area contributed by atoms with E-state index in [1.165, 1.54) is 16.8 Å². The quantitative estimate of drug-likeness (QED) is 0.937. The van der Waals surface area contributed by atoms with Gasteiger partial charge in [0, 0.05) is 50.5 Å². The van der Waals surface area contributed by atoms with E-state index in [1.54, 1.807) is 11.3 Å². The maximum atomic E-state index is 6.02. The lowest BCUT2D eigenvalue weighted by atomic mass is 10.0.